The van der Waals surface area contributed by atoms with Crippen molar-refractivity contribution in [3.8, 4) is 5.75 Å². The molecule has 0 heterocycles. The molecule has 1 spiro atoms. The predicted molar refractivity (Wildman–Crippen MR) is 73.6 cm³/mol. The van der Waals surface area contributed by atoms with E-state index in [0.29, 0.717) is 4.83 Å². The average molecular weight is 331 g/mol. The predicted octanol–water partition coefficient (Wildman–Crippen LogP) is 4.83. The summed E-state index contributed by atoms with van der Waals surface area (Å²) in [5, 5.41) is 0. The first-order valence-corrected chi connectivity index (χ1v) is 7.79. The Morgan fingerprint density at radius 1 is 1.16 bits per heavy atom. The van der Waals surface area contributed by atoms with Crippen LogP contribution in [0.1, 0.15) is 38.5 Å². The zero-order valence-corrected chi connectivity index (χ0v) is 12.3. The van der Waals surface area contributed by atoms with Crippen LogP contribution < -0.4 is 4.74 Å². The van der Waals surface area contributed by atoms with E-state index in [1.165, 1.54) is 31.4 Å². The summed E-state index contributed by atoms with van der Waals surface area (Å²) >= 11 is 3.73. The summed E-state index contributed by atoms with van der Waals surface area (Å²) < 4.78 is 32.4. The van der Waals surface area contributed by atoms with E-state index in [2.05, 4.69) is 15.9 Å². The van der Waals surface area contributed by atoms with Crippen LogP contribution in [0.25, 0.3) is 0 Å². The first-order valence-electron chi connectivity index (χ1n) is 6.87. The maximum Gasteiger partial charge on any atom is 0.167 e. The Morgan fingerprint density at radius 2 is 1.89 bits per heavy atom. The van der Waals surface area contributed by atoms with E-state index in [-0.39, 0.29) is 17.3 Å². The molecule has 4 heteroatoms. The lowest BCUT2D eigenvalue weighted by atomic mass is 9.58. The van der Waals surface area contributed by atoms with Crippen LogP contribution >= 0.6 is 15.9 Å². The molecule has 0 aromatic heterocycles. The normalized spacial score (nSPS) is 29.0. The Bertz CT molecular complexity index is 471. The number of rotatable bonds is 2. The van der Waals surface area contributed by atoms with Crippen LogP contribution in [0.15, 0.2) is 18.2 Å². The van der Waals surface area contributed by atoms with Gasteiger partial charge in [-0.2, -0.15) is 0 Å². The maximum atomic E-state index is 13.6. The monoisotopic (exact) mass is 330 g/mol. The molecule has 0 radical (unpaired) electrons. The van der Waals surface area contributed by atoms with Crippen LogP contribution in [0.5, 0.6) is 5.75 Å². The summed E-state index contributed by atoms with van der Waals surface area (Å²) in [6, 6.07) is 3.52. The van der Waals surface area contributed by atoms with Crippen molar-refractivity contribution in [1.29, 1.82) is 0 Å². The third kappa shape index (κ3) is 2.28. The lowest BCUT2D eigenvalue weighted by Gasteiger charge is -2.55. The van der Waals surface area contributed by atoms with Crippen molar-refractivity contribution < 1.29 is 13.5 Å². The summed E-state index contributed by atoms with van der Waals surface area (Å²) in [4.78, 5) is 0.466. The van der Waals surface area contributed by atoms with E-state index in [1.54, 1.807) is 0 Å². The van der Waals surface area contributed by atoms with Crippen molar-refractivity contribution in [1.82, 2.24) is 0 Å². The van der Waals surface area contributed by atoms with Crippen molar-refractivity contribution in [3.05, 3.63) is 29.8 Å². The first-order chi connectivity index (χ1) is 9.12. The van der Waals surface area contributed by atoms with E-state index in [4.69, 9.17) is 4.74 Å². The molecular formula is C15H17BrF2O. The van der Waals surface area contributed by atoms with E-state index < -0.39 is 11.6 Å². The molecule has 2 aliphatic carbocycles. The Morgan fingerprint density at radius 3 is 2.53 bits per heavy atom. The third-order valence-electron chi connectivity index (χ3n) is 4.63. The van der Waals surface area contributed by atoms with Crippen molar-refractivity contribution in [2.75, 3.05) is 0 Å². The molecule has 19 heavy (non-hydrogen) atoms. The molecule has 1 nitrogen and oxygen atoms in total. The number of hydrogen-bond donors (Lipinski definition) is 0. The Kier molecular flexibility index (Phi) is 3.54. The lowest BCUT2D eigenvalue weighted by molar-refractivity contribution is -0.0617. The van der Waals surface area contributed by atoms with Gasteiger partial charge in [0, 0.05) is 16.3 Å². The number of alkyl halides is 1. The smallest absolute Gasteiger partial charge is 0.167 e. The van der Waals surface area contributed by atoms with Crippen LogP contribution in [0.4, 0.5) is 8.78 Å². The average Bonchev–Trinajstić information content (AvgIpc) is 2.42. The molecule has 104 valence electrons. The summed E-state index contributed by atoms with van der Waals surface area (Å²) in [6.45, 7) is 0. The largest absolute Gasteiger partial charge is 0.487 e. The standard InChI is InChI=1S/C15H17BrF2O/c16-13-9-14(15(13)6-2-1-3-7-15)19-12-5-4-10(17)8-11(12)18/h4-5,8,13-14H,1-3,6-7,9H2. The summed E-state index contributed by atoms with van der Waals surface area (Å²) in [5.41, 5.74) is 0.152. The van der Waals surface area contributed by atoms with Gasteiger partial charge >= 0.3 is 0 Å². The highest BCUT2D eigenvalue weighted by molar-refractivity contribution is 9.09. The molecule has 2 aliphatic rings. The van der Waals surface area contributed by atoms with Gasteiger partial charge in [0.05, 0.1) is 0 Å². The fraction of sp³-hybridized carbons (Fsp3) is 0.600. The van der Waals surface area contributed by atoms with Crippen molar-refractivity contribution >= 4 is 15.9 Å². The molecule has 0 N–H and O–H groups in total. The molecule has 2 unspecified atom stereocenters. The Balaban J connectivity index is 1.76. The van der Waals surface area contributed by atoms with Crippen LogP contribution in [-0.4, -0.2) is 10.9 Å². The molecule has 3 rings (SSSR count). The highest BCUT2D eigenvalue weighted by Crippen LogP contribution is 2.56. The van der Waals surface area contributed by atoms with Crippen molar-refractivity contribution in [2.45, 2.75) is 49.5 Å². The first kappa shape index (κ1) is 13.3. The van der Waals surface area contributed by atoms with E-state index in [9.17, 15) is 8.78 Å². The van der Waals surface area contributed by atoms with Crippen LogP contribution in [0.3, 0.4) is 0 Å². The fourth-order valence-electron chi connectivity index (χ4n) is 3.43. The van der Waals surface area contributed by atoms with Gasteiger partial charge < -0.3 is 4.74 Å². The molecule has 1 aromatic carbocycles. The molecule has 2 saturated carbocycles. The van der Waals surface area contributed by atoms with E-state index >= 15 is 0 Å². The van der Waals surface area contributed by atoms with Gasteiger partial charge in [0.2, 0.25) is 0 Å². The minimum atomic E-state index is -0.607. The number of halogens is 3. The molecular weight excluding hydrogens is 314 g/mol. The minimum absolute atomic E-state index is 0.0529. The summed E-state index contributed by atoms with van der Waals surface area (Å²) in [7, 11) is 0. The number of hydrogen-bond acceptors (Lipinski definition) is 1. The summed E-state index contributed by atoms with van der Waals surface area (Å²) in [6.07, 6.45) is 6.93. The van der Waals surface area contributed by atoms with E-state index in [0.717, 1.165) is 25.3 Å². The molecule has 0 amide bonds. The van der Waals surface area contributed by atoms with Gasteiger partial charge in [0.25, 0.3) is 0 Å². The van der Waals surface area contributed by atoms with Crippen LogP contribution in [0, 0.1) is 17.0 Å². The number of benzene rings is 1. The molecule has 0 aliphatic heterocycles. The fourth-order valence-corrected chi connectivity index (χ4v) is 4.53. The molecule has 0 bridgehead atoms. The molecule has 1 aromatic rings. The third-order valence-corrected chi connectivity index (χ3v) is 5.92. The topological polar surface area (TPSA) is 9.23 Å². The van der Waals surface area contributed by atoms with Crippen LogP contribution in [0.2, 0.25) is 0 Å². The minimum Gasteiger partial charge on any atom is -0.487 e. The van der Waals surface area contributed by atoms with Gasteiger partial charge in [-0.05, 0) is 31.4 Å². The zero-order chi connectivity index (χ0) is 13.5. The highest BCUT2D eigenvalue weighted by Gasteiger charge is 2.55. The lowest BCUT2D eigenvalue weighted by Crippen LogP contribution is -2.57. The second-order valence-electron chi connectivity index (χ2n) is 5.68. The van der Waals surface area contributed by atoms with Crippen LogP contribution in [-0.2, 0) is 0 Å². The SMILES string of the molecule is Fc1ccc(OC2CC(Br)C23CCCCC3)c(F)c1. The molecule has 0 saturated heterocycles. The Hall–Kier alpha value is -0.640. The van der Waals surface area contributed by atoms with Gasteiger partial charge in [-0.15, -0.1) is 0 Å². The quantitative estimate of drug-likeness (QED) is 0.706. The second-order valence-corrected chi connectivity index (χ2v) is 6.78. The number of ether oxygens (including phenoxy) is 1. The van der Waals surface area contributed by atoms with Crippen molar-refractivity contribution in [2.24, 2.45) is 5.41 Å². The van der Waals surface area contributed by atoms with Crippen molar-refractivity contribution in [3.63, 3.8) is 0 Å². The molecule has 2 atom stereocenters. The van der Waals surface area contributed by atoms with Gasteiger partial charge in [-0.3, -0.25) is 0 Å². The highest BCUT2D eigenvalue weighted by atomic mass is 79.9. The Labute approximate surface area is 120 Å². The van der Waals surface area contributed by atoms with Gasteiger partial charge in [0.1, 0.15) is 11.9 Å². The van der Waals surface area contributed by atoms with Gasteiger partial charge in [-0.1, -0.05) is 35.2 Å². The van der Waals surface area contributed by atoms with Gasteiger partial charge in [0.15, 0.2) is 11.6 Å². The second kappa shape index (κ2) is 5.04. The summed E-state index contributed by atoms with van der Waals surface area (Å²) in [5.74, 6) is -0.996. The molecule has 2 fully saturated rings. The zero-order valence-electron chi connectivity index (χ0n) is 10.7. The van der Waals surface area contributed by atoms with E-state index in [1.807, 2.05) is 0 Å². The maximum absolute atomic E-state index is 13.6. The van der Waals surface area contributed by atoms with Gasteiger partial charge in [-0.25, -0.2) is 8.78 Å².